The van der Waals surface area contributed by atoms with Crippen molar-refractivity contribution in [3.8, 4) is 22.6 Å². The molecule has 0 unspecified atom stereocenters. The lowest BCUT2D eigenvalue weighted by Crippen LogP contribution is -2.22. The molecule has 0 saturated heterocycles. The van der Waals surface area contributed by atoms with Gasteiger partial charge in [-0.05, 0) is 29.3 Å². The summed E-state index contributed by atoms with van der Waals surface area (Å²) in [6.07, 6.45) is 3.49. The van der Waals surface area contributed by atoms with Crippen molar-refractivity contribution in [3.63, 3.8) is 0 Å². The lowest BCUT2D eigenvalue weighted by molar-refractivity contribution is 0.354. The molecule has 0 bridgehead atoms. The molecule has 0 aliphatic rings. The van der Waals surface area contributed by atoms with Gasteiger partial charge in [0.05, 0.1) is 27.0 Å². The molecule has 0 fully saturated rings. The normalized spacial score (nSPS) is 11.2. The van der Waals surface area contributed by atoms with E-state index in [1.165, 1.54) is 0 Å². The Bertz CT molecular complexity index is 1460. The van der Waals surface area contributed by atoms with Crippen molar-refractivity contribution in [2.24, 2.45) is 0 Å². The van der Waals surface area contributed by atoms with Gasteiger partial charge in [-0.25, -0.2) is 4.52 Å². The van der Waals surface area contributed by atoms with Crippen LogP contribution >= 0.6 is 0 Å². The van der Waals surface area contributed by atoms with Gasteiger partial charge in [0.1, 0.15) is 5.52 Å². The maximum absolute atomic E-state index is 13.1. The van der Waals surface area contributed by atoms with Gasteiger partial charge in [0, 0.05) is 11.8 Å². The van der Waals surface area contributed by atoms with Crippen LogP contribution in [-0.2, 0) is 6.54 Å². The summed E-state index contributed by atoms with van der Waals surface area (Å²) in [7, 11) is 3.17. The van der Waals surface area contributed by atoms with E-state index < -0.39 is 0 Å². The Morgan fingerprint density at radius 1 is 0.935 bits per heavy atom. The van der Waals surface area contributed by atoms with Gasteiger partial charge in [-0.15, -0.1) is 10.2 Å². The number of hydrogen-bond acceptors (Lipinski definition) is 6. The van der Waals surface area contributed by atoms with Crippen LogP contribution in [0.25, 0.3) is 27.8 Å². The first kappa shape index (κ1) is 18.8. The molecule has 3 heterocycles. The average molecular weight is 413 g/mol. The van der Waals surface area contributed by atoms with Crippen LogP contribution in [0.5, 0.6) is 11.5 Å². The van der Waals surface area contributed by atoms with Crippen LogP contribution in [-0.4, -0.2) is 38.6 Å². The summed E-state index contributed by atoms with van der Waals surface area (Å²) in [6.45, 7) is 0.364. The number of pyridine rings is 1. The highest BCUT2D eigenvalue weighted by atomic mass is 16.5. The predicted molar refractivity (Wildman–Crippen MR) is 117 cm³/mol. The van der Waals surface area contributed by atoms with E-state index in [1.807, 2.05) is 54.6 Å². The number of methoxy groups -OCH3 is 2. The van der Waals surface area contributed by atoms with Crippen molar-refractivity contribution in [3.05, 3.63) is 82.9 Å². The fraction of sp³-hybridized carbons (Fsp3) is 0.130. The molecule has 3 aromatic heterocycles. The number of nitrogens with zero attached hydrogens (tertiary/aromatic N) is 5. The summed E-state index contributed by atoms with van der Waals surface area (Å²) in [5.74, 6) is 1.25. The largest absolute Gasteiger partial charge is 0.493 e. The molecule has 5 rings (SSSR count). The third-order valence-corrected chi connectivity index (χ3v) is 5.22. The van der Waals surface area contributed by atoms with Crippen molar-refractivity contribution in [2.75, 3.05) is 14.2 Å². The van der Waals surface area contributed by atoms with Gasteiger partial charge in [-0.2, -0.15) is 5.10 Å². The first-order chi connectivity index (χ1) is 15.2. The summed E-state index contributed by atoms with van der Waals surface area (Å²) in [5, 5.41) is 13.0. The van der Waals surface area contributed by atoms with E-state index in [0.29, 0.717) is 29.2 Å². The van der Waals surface area contributed by atoms with Crippen molar-refractivity contribution in [2.45, 2.75) is 6.54 Å². The van der Waals surface area contributed by atoms with E-state index in [9.17, 15) is 4.79 Å². The highest BCUT2D eigenvalue weighted by molar-refractivity contribution is 5.82. The van der Waals surface area contributed by atoms with E-state index in [-0.39, 0.29) is 11.1 Å². The van der Waals surface area contributed by atoms with Crippen LogP contribution in [0, 0.1) is 0 Å². The predicted octanol–water partition coefficient (Wildman–Crippen LogP) is 3.17. The molecule has 0 aliphatic carbocycles. The molecule has 0 spiro atoms. The van der Waals surface area contributed by atoms with Crippen LogP contribution < -0.4 is 15.0 Å². The number of ether oxygens (including phenoxy) is 2. The summed E-state index contributed by atoms with van der Waals surface area (Å²) < 4.78 is 13.9. The summed E-state index contributed by atoms with van der Waals surface area (Å²) in [6, 6.07) is 17.3. The minimum absolute atomic E-state index is 0.238. The Balaban J connectivity index is 1.58. The monoisotopic (exact) mass is 413 g/mol. The Morgan fingerprint density at radius 3 is 2.52 bits per heavy atom. The van der Waals surface area contributed by atoms with E-state index in [2.05, 4.69) is 15.3 Å². The maximum Gasteiger partial charge on any atom is 0.280 e. The highest BCUT2D eigenvalue weighted by Crippen LogP contribution is 2.28. The van der Waals surface area contributed by atoms with Gasteiger partial charge in [0.15, 0.2) is 22.7 Å². The Labute approximate surface area is 177 Å². The molecule has 0 atom stereocenters. The second kappa shape index (κ2) is 7.56. The van der Waals surface area contributed by atoms with Gasteiger partial charge >= 0.3 is 0 Å². The molecule has 154 valence electrons. The summed E-state index contributed by atoms with van der Waals surface area (Å²) in [4.78, 5) is 13.1. The second-order valence-electron chi connectivity index (χ2n) is 7.03. The van der Waals surface area contributed by atoms with Gasteiger partial charge < -0.3 is 14.0 Å². The van der Waals surface area contributed by atoms with Crippen LogP contribution in [0.2, 0.25) is 0 Å². The average Bonchev–Trinajstić information content (AvgIpc) is 3.26. The number of rotatable bonds is 5. The standard InChI is InChI=1S/C23H19N5O3/c1-30-19-9-8-15(12-20(19)31-2)14-27-11-10-18-21(23(27)29)25-26-22-17(13-24-28(18)22)16-6-4-3-5-7-16/h3-13H,14H2,1-2H3. The quantitative estimate of drug-likeness (QED) is 0.440. The highest BCUT2D eigenvalue weighted by Gasteiger charge is 2.14. The van der Waals surface area contributed by atoms with Crippen molar-refractivity contribution < 1.29 is 9.47 Å². The van der Waals surface area contributed by atoms with E-state index in [0.717, 1.165) is 16.7 Å². The minimum atomic E-state index is -0.238. The molecule has 0 amide bonds. The molecule has 8 nitrogen and oxygen atoms in total. The van der Waals surface area contributed by atoms with Crippen LogP contribution in [0.3, 0.4) is 0 Å². The van der Waals surface area contributed by atoms with E-state index in [1.54, 1.807) is 35.7 Å². The second-order valence-corrected chi connectivity index (χ2v) is 7.03. The minimum Gasteiger partial charge on any atom is -0.493 e. The molecule has 31 heavy (non-hydrogen) atoms. The van der Waals surface area contributed by atoms with Crippen molar-refractivity contribution in [1.29, 1.82) is 0 Å². The van der Waals surface area contributed by atoms with Gasteiger partial charge in [-0.3, -0.25) is 4.79 Å². The number of benzene rings is 2. The third-order valence-electron chi connectivity index (χ3n) is 5.22. The van der Waals surface area contributed by atoms with Gasteiger partial charge in [0.2, 0.25) is 0 Å². The van der Waals surface area contributed by atoms with Gasteiger partial charge in [-0.1, -0.05) is 36.4 Å². The molecule has 5 aromatic rings. The Hall–Kier alpha value is -4.20. The van der Waals surface area contributed by atoms with Crippen LogP contribution in [0.15, 0.2) is 71.8 Å². The number of fused-ring (bicyclic) bond motifs is 3. The smallest absolute Gasteiger partial charge is 0.280 e. The Kier molecular flexibility index (Phi) is 4.59. The summed E-state index contributed by atoms with van der Waals surface area (Å²) in [5.41, 5.74) is 4.00. The topological polar surface area (TPSA) is 83.5 Å². The first-order valence-corrected chi connectivity index (χ1v) is 9.69. The molecule has 0 aliphatic heterocycles. The molecule has 0 N–H and O–H groups in total. The van der Waals surface area contributed by atoms with E-state index >= 15 is 0 Å². The lowest BCUT2D eigenvalue weighted by Gasteiger charge is -2.11. The zero-order valence-corrected chi connectivity index (χ0v) is 17.0. The third kappa shape index (κ3) is 3.18. The van der Waals surface area contributed by atoms with Crippen LogP contribution in [0.4, 0.5) is 0 Å². The zero-order valence-electron chi connectivity index (χ0n) is 17.0. The fourth-order valence-corrected chi connectivity index (χ4v) is 3.65. The van der Waals surface area contributed by atoms with Gasteiger partial charge in [0.25, 0.3) is 5.56 Å². The zero-order chi connectivity index (χ0) is 21.4. The molecular formula is C23H19N5O3. The van der Waals surface area contributed by atoms with E-state index in [4.69, 9.17) is 9.47 Å². The van der Waals surface area contributed by atoms with Crippen LogP contribution in [0.1, 0.15) is 5.56 Å². The molecule has 0 saturated carbocycles. The molecular weight excluding hydrogens is 394 g/mol. The number of aromatic nitrogens is 5. The molecule has 0 radical (unpaired) electrons. The lowest BCUT2D eigenvalue weighted by atomic mass is 10.1. The molecule has 8 heteroatoms. The SMILES string of the molecule is COc1ccc(Cn2ccc3c(nnc4c(-c5ccccc5)cnn43)c2=O)cc1OC. The first-order valence-electron chi connectivity index (χ1n) is 9.69. The van der Waals surface area contributed by atoms with Crippen molar-refractivity contribution >= 4 is 16.7 Å². The fourth-order valence-electron chi connectivity index (χ4n) is 3.65. The number of hydrogen-bond donors (Lipinski definition) is 0. The maximum atomic E-state index is 13.1. The van der Waals surface area contributed by atoms with Crippen molar-refractivity contribution in [1.82, 2.24) is 24.4 Å². The molecule has 2 aromatic carbocycles. The summed E-state index contributed by atoms with van der Waals surface area (Å²) >= 11 is 0. The Morgan fingerprint density at radius 2 is 1.74 bits per heavy atom.